The molecular weight excluding hydrogens is 286 g/mol. The molecule has 0 fully saturated rings. The fraction of sp³-hybridized carbons (Fsp3) is 0.158. The minimum Gasteiger partial charge on any atom is -0.382 e. The molecule has 114 valence electrons. The van der Waals surface area contributed by atoms with E-state index >= 15 is 0 Å². The van der Waals surface area contributed by atoms with Crippen molar-refractivity contribution >= 4 is 11.8 Å². The van der Waals surface area contributed by atoms with Crippen LogP contribution in [0, 0.1) is 28.6 Å². The maximum absolute atomic E-state index is 8.95. The molecule has 4 heteroatoms. The summed E-state index contributed by atoms with van der Waals surface area (Å²) in [6.07, 6.45) is 1.78. The van der Waals surface area contributed by atoms with E-state index in [0.717, 1.165) is 16.8 Å². The van der Waals surface area contributed by atoms with Crippen LogP contribution in [-0.4, -0.2) is 0 Å². The molecule has 1 atom stereocenters. The Bertz CT molecular complexity index is 722. The van der Waals surface area contributed by atoms with Gasteiger partial charge in [0, 0.05) is 5.92 Å². The highest BCUT2D eigenvalue weighted by atomic mass is 16.6. The zero-order valence-corrected chi connectivity index (χ0v) is 12.9. The fourth-order valence-electron chi connectivity index (χ4n) is 2.09. The number of benzene rings is 2. The zero-order valence-electron chi connectivity index (χ0n) is 12.9. The Morgan fingerprint density at radius 1 is 1.04 bits per heavy atom. The maximum atomic E-state index is 8.95. The highest BCUT2D eigenvalue weighted by Gasteiger charge is 2.17. The van der Waals surface area contributed by atoms with E-state index in [4.69, 9.17) is 15.4 Å². The number of rotatable bonds is 6. The highest BCUT2D eigenvalue weighted by Crippen LogP contribution is 2.25. The van der Waals surface area contributed by atoms with E-state index in [9.17, 15) is 0 Å². The van der Waals surface area contributed by atoms with Gasteiger partial charge in [0.1, 0.15) is 5.92 Å². The Hall–Kier alpha value is -3.24. The molecule has 4 nitrogen and oxygen atoms in total. The van der Waals surface area contributed by atoms with Crippen LogP contribution in [0.15, 0.2) is 55.1 Å². The second-order valence-electron chi connectivity index (χ2n) is 5.12. The van der Waals surface area contributed by atoms with E-state index < -0.39 is 5.92 Å². The van der Waals surface area contributed by atoms with Gasteiger partial charge in [0.2, 0.25) is 0 Å². The van der Waals surface area contributed by atoms with Crippen molar-refractivity contribution in [3.8, 4) is 17.9 Å². The van der Waals surface area contributed by atoms with E-state index in [1.165, 1.54) is 0 Å². The number of nitrogens with one attached hydrogen (secondary N) is 1. The van der Waals surface area contributed by atoms with E-state index in [0.29, 0.717) is 5.75 Å². The maximum Gasteiger partial charge on any atom is 0.155 e. The molecule has 0 aromatic heterocycles. The second-order valence-corrected chi connectivity index (χ2v) is 5.12. The molecule has 0 aliphatic heterocycles. The van der Waals surface area contributed by atoms with Crippen molar-refractivity contribution in [2.45, 2.75) is 12.8 Å². The zero-order chi connectivity index (χ0) is 16.7. The minimum atomic E-state index is -0.650. The Morgan fingerprint density at radius 2 is 1.65 bits per heavy atom. The van der Waals surface area contributed by atoms with E-state index in [-0.39, 0.29) is 5.92 Å². The predicted molar refractivity (Wildman–Crippen MR) is 90.4 cm³/mol. The van der Waals surface area contributed by atoms with Crippen LogP contribution in [-0.2, 0) is 0 Å². The lowest BCUT2D eigenvalue weighted by Crippen LogP contribution is -2.07. The van der Waals surface area contributed by atoms with Gasteiger partial charge in [-0.2, -0.15) is 10.5 Å². The first kappa shape index (κ1) is 16.1. The third-order valence-electron chi connectivity index (χ3n) is 3.62. The van der Waals surface area contributed by atoms with Gasteiger partial charge in [-0.05, 0) is 35.4 Å². The standard InChI is InChI=1S/C19H17N3O/c1-3-15-4-8-18(9-5-15)22-23-19-10-6-16(7-11-19)14(2)17(12-20)13-21/h3-11,14,17,22H,1H2,2H3. The van der Waals surface area contributed by atoms with Gasteiger partial charge in [-0.3, -0.25) is 0 Å². The van der Waals surface area contributed by atoms with Crippen molar-refractivity contribution in [1.29, 1.82) is 10.5 Å². The molecule has 0 aliphatic carbocycles. The first-order valence-electron chi connectivity index (χ1n) is 7.22. The summed E-state index contributed by atoms with van der Waals surface area (Å²) in [4.78, 5) is 5.51. The molecular formula is C19H17N3O. The van der Waals surface area contributed by atoms with Crippen molar-refractivity contribution in [3.05, 3.63) is 66.2 Å². The molecule has 2 aromatic carbocycles. The van der Waals surface area contributed by atoms with Crippen LogP contribution >= 0.6 is 0 Å². The molecule has 1 N–H and O–H groups in total. The summed E-state index contributed by atoms with van der Waals surface area (Å²) in [7, 11) is 0. The fourth-order valence-corrected chi connectivity index (χ4v) is 2.09. The van der Waals surface area contributed by atoms with Crippen molar-refractivity contribution < 1.29 is 4.84 Å². The summed E-state index contributed by atoms with van der Waals surface area (Å²) < 4.78 is 0. The molecule has 2 rings (SSSR count). The molecule has 0 spiro atoms. The molecule has 0 radical (unpaired) electrons. The molecule has 0 heterocycles. The monoisotopic (exact) mass is 303 g/mol. The summed E-state index contributed by atoms with van der Waals surface area (Å²) in [6, 6.07) is 19.0. The molecule has 0 saturated carbocycles. The normalized spacial score (nSPS) is 11.1. The SMILES string of the molecule is C=Cc1ccc(NOc2ccc(C(C)C(C#N)C#N)cc2)cc1. The van der Waals surface area contributed by atoms with Gasteiger partial charge in [-0.15, -0.1) is 0 Å². The third kappa shape index (κ3) is 4.12. The molecule has 0 saturated heterocycles. The molecule has 2 aromatic rings. The predicted octanol–water partition coefficient (Wildman–Crippen LogP) is 4.50. The number of hydrogen-bond donors (Lipinski definition) is 1. The van der Waals surface area contributed by atoms with Crippen molar-refractivity contribution in [2.24, 2.45) is 5.92 Å². The van der Waals surface area contributed by atoms with Gasteiger partial charge < -0.3 is 4.84 Å². The van der Waals surface area contributed by atoms with Gasteiger partial charge in [0.15, 0.2) is 5.75 Å². The van der Waals surface area contributed by atoms with Gasteiger partial charge in [0.25, 0.3) is 0 Å². The summed E-state index contributed by atoms with van der Waals surface area (Å²) in [6.45, 7) is 5.58. The molecule has 1 unspecified atom stereocenters. The summed E-state index contributed by atoms with van der Waals surface area (Å²) in [5.74, 6) is -0.138. The van der Waals surface area contributed by atoms with Gasteiger partial charge in [-0.25, -0.2) is 5.48 Å². The van der Waals surface area contributed by atoms with Crippen molar-refractivity contribution in [1.82, 2.24) is 0 Å². The van der Waals surface area contributed by atoms with Gasteiger partial charge in [-0.1, -0.05) is 43.8 Å². The van der Waals surface area contributed by atoms with Crippen molar-refractivity contribution in [2.75, 3.05) is 5.48 Å². The Balaban J connectivity index is 1.98. The second kappa shape index (κ2) is 7.68. The van der Waals surface area contributed by atoms with Crippen LogP contribution in [0.3, 0.4) is 0 Å². The average Bonchev–Trinajstić information content (AvgIpc) is 2.61. The number of nitrogens with zero attached hydrogens (tertiary/aromatic N) is 2. The van der Waals surface area contributed by atoms with Crippen LogP contribution in [0.1, 0.15) is 24.0 Å². The van der Waals surface area contributed by atoms with E-state index in [1.807, 2.05) is 67.6 Å². The lowest BCUT2D eigenvalue weighted by Gasteiger charge is -2.13. The first-order chi connectivity index (χ1) is 11.2. The number of nitriles is 2. The van der Waals surface area contributed by atoms with Crippen LogP contribution in [0.2, 0.25) is 0 Å². The molecule has 23 heavy (non-hydrogen) atoms. The Labute approximate surface area is 136 Å². The molecule has 0 amide bonds. The van der Waals surface area contributed by atoms with Gasteiger partial charge >= 0.3 is 0 Å². The van der Waals surface area contributed by atoms with Gasteiger partial charge in [0.05, 0.1) is 17.8 Å². The van der Waals surface area contributed by atoms with Crippen molar-refractivity contribution in [3.63, 3.8) is 0 Å². The summed E-state index contributed by atoms with van der Waals surface area (Å²) in [5, 5.41) is 17.9. The lowest BCUT2D eigenvalue weighted by molar-refractivity contribution is 0.405. The summed E-state index contributed by atoms with van der Waals surface area (Å²) in [5.41, 5.74) is 5.67. The van der Waals surface area contributed by atoms with Crippen LogP contribution < -0.4 is 10.3 Å². The molecule has 0 bridgehead atoms. The first-order valence-corrected chi connectivity index (χ1v) is 7.22. The van der Waals surface area contributed by atoms with Crippen LogP contribution in [0.25, 0.3) is 6.08 Å². The largest absolute Gasteiger partial charge is 0.382 e. The Morgan fingerprint density at radius 3 is 2.17 bits per heavy atom. The van der Waals surface area contributed by atoms with E-state index in [1.54, 1.807) is 6.08 Å². The smallest absolute Gasteiger partial charge is 0.155 e. The lowest BCUT2D eigenvalue weighted by atomic mass is 9.90. The minimum absolute atomic E-state index is 0.140. The van der Waals surface area contributed by atoms with Crippen LogP contribution in [0.5, 0.6) is 5.75 Å². The number of anilines is 1. The topological polar surface area (TPSA) is 68.8 Å². The van der Waals surface area contributed by atoms with E-state index in [2.05, 4.69) is 12.1 Å². The quantitative estimate of drug-likeness (QED) is 0.798. The molecule has 0 aliphatic rings. The summed E-state index contributed by atoms with van der Waals surface area (Å²) >= 11 is 0. The van der Waals surface area contributed by atoms with Crippen LogP contribution in [0.4, 0.5) is 5.69 Å². The number of hydrogen-bond acceptors (Lipinski definition) is 4. The highest BCUT2D eigenvalue weighted by molar-refractivity contribution is 5.53. The average molecular weight is 303 g/mol. The third-order valence-corrected chi connectivity index (χ3v) is 3.62. The Kier molecular flexibility index (Phi) is 5.39.